The van der Waals surface area contributed by atoms with Crippen LogP contribution in [0.1, 0.15) is 41.6 Å². The molecule has 1 aliphatic heterocycles. The number of aromatic hydroxyl groups is 1. The van der Waals surface area contributed by atoms with E-state index in [9.17, 15) is 34.2 Å². The molecule has 4 atom stereocenters. The minimum atomic E-state index is -1.18. The molecule has 4 aliphatic rings. The number of rotatable bonds is 3. The van der Waals surface area contributed by atoms with Crippen LogP contribution in [-0.2, 0) is 19.2 Å². The second-order valence-corrected chi connectivity index (χ2v) is 11.3. The number of anilines is 1. The van der Waals surface area contributed by atoms with Gasteiger partial charge in [0.15, 0.2) is 11.6 Å². The summed E-state index contributed by atoms with van der Waals surface area (Å²) in [4.78, 5) is 67.6. The van der Waals surface area contributed by atoms with Gasteiger partial charge in [-0.3, -0.25) is 24.1 Å². The topological polar surface area (TPSA) is 129 Å². The van der Waals surface area contributed by atoms with Gasteiger partial charge in [0.05, 0.1) is 23.1 Å². The Morgan fingerprint density at radius 2 is 1.71 bits per heavy atom. The second-order valence-electron chi connectivity index (χ2n) is 11.3. The number of amides is 2. The van der Waals surface area contributed by atoms with E-state index in [-0.39, 0.29) is 41.4 Å². The number of carbonyl (C=O) groups excluding carboxylic acids is 4. The lowest BCUT2D eigenvalue weighted by Gasteiger charge is -2.42. The van der Waals surface area contributed by atoms with Crippen molar-refractivity contribution >= 4 is 45.8 Å². The molecule has 7 rings (SSSR count). The van der Waals surface area contributed by atoms with Gasteiger partial charge in [-0.15, -0.1) is 0 Å². The van der Waals surface area contributed by atoms with Gasteiger partial charge in [0.2, 0.25) is 11.8 Å². The molecule has 3 aromatic carbocycles. The summed E-state index contributed by atoms with van der Waals surface area (Å²) in [7, 11) is 0. The summed E-state index contributed by atoms with van der Waals surface area (Å²) in [5, 5.41) is 22.3. The molecule has 8 nitrogen and oxygen atoms in total. The largest absolute Gasteiger partial charge is 0.508 e. The second kappa shape index (κ2) is 9.21. The summed E-state index contributed by atoms with van der Waals surface area (Å²) < 4.78 is 0. The minimum absolute atomic E-state index is 0.0262. The average Bonchev–Trinajstić information content (AvgIpc) is 3.24. The molecular formula is C34H25NO7. The molecule has 0 aromatic heterocycles. The first-order valence-electron chi connectivity index (χ1n) is 13.8. The number of carboxylic acids is 1. The van der Waals surface area contributed by atoms with Gasteiger partial charge in [0, 0.05) is 28.2 Å². The van der Waals surface area contributed by atoms with Crippen LogP contribution in [0.25, 0.3) is 10.8 Å². The van der Waals surface area contributed by atoms with Crippen molar-refractivity contribution in [2.75, 3.05) is 4.90 Å². The Hall–Kier alpha value is -5.11. The third kappa shape index (κ3) is 3.57. The van der Waals surface area contributed by atoms with E-state index in [1.165, 1.54) is 30.3 Å². The van der Waals surface area contributed by atoms with Crippen LogP contribution >= 0.6 is 0 Å². The number of phenolic OH excluding ortho intramolecular Hbond substituents is 1. The van der Waals surface area contributed by atoms with E-state index >= 15 is 0 Å². The van der Waals surface area contributed by atoms with Gasteiger partial charge < -0.3 is 10.2 Å². The fraction of sp³-hybridized carbons (Fsp3) is 0.206. The Kier molecular flexibility index (Phi) is 5.66. The Morgan fingerprint density at radius 3 is 2.50 bits per heavy atom. The number of carboxylic acid groups (broad SMARTS) is 1. The van der Waals surface area contributed by atoms with E-state index in [2.05, 4.69) is 0 Å². The highest BCUT2D eigenvalue weighted by Crippen LogP contribution is 2.57. The summed E-state index contributed by atoms with van der Waals surface area (Å²) in [5.74, 6) is -5.53. The predicted octanol–water partition coefficient (Wildman–Crippen LogP) is 4.88. The number of benzene rings is 3. The molecule has 1 fully saturated rings. The maximum absolute atomic E-state index is 14.1. The Balaban J connectivity index is 1.41. The lowest BCUT2D eigenvalue weighted by Crippen LogP contribution is -2.39. The average molecular weight is 560 g/mol. The Bertz CT molecular complexity index is 1890. The molecule has 1 heterocycles. The van der Waals surface area contributed by atoms with E-state index in [1.54, 1.807) is 19.1 Å². The highest BCUT2D eigenvalue weighted by Gasteiger charge is 2.57. The number of phenols is 1. The molecule has 4 unspecified atom stereocenters. The molecule has 3 aliphatic carbocycles. The molecule has 2 amide bonds. The summed E-state index contributed by atoms with van der Waals surface area (Å²) in [6.07, 6.45) is 3.58. The number of allylic oxidation sites excluding steroid dienone is 6. The summed E-state index contributed by atoms with van der Waals surface area (Å²) >= 11 is 0. The number of aromatic carboxylic acids is 1. The fourth-order valence-electron chi connectivity index (χ4n) is 7.33. The molecule has 1 saturated heterocycles. The van der Waals surface area contributed by atoms with E-state index < -0.39 is 41.5 Å². The van der Waals surface area contributed by atoms with E-state index in [0.717, 1.165) is 21.2 Å². The van der Waals surface area contributed by atoms with E-state index in [0.29, 0.717) is 22.3 Å². The number of imide groups is 1. The third-order valence-electron chi connectivity index (χ3n) is 9.15. The number of ketones is 2. The van der Waals surface area contributed by atoms with Crippen LogP contribution in [0.4, 0.5) is 5.69 Å². The zero-order valence-corrected chi connectivity index (χ0v) is 22.5. The smallest absolute Gasteiger partial charge is 0.335 e. The van der Waals surface area contributed by atoms with Crippen molar-refractivity contribution in [3.05, 3.63) is 106 Å². The Labute approximate surface area is 240 Å². The summed E-state index contributed by atoms with van der Waals surface area (Å²) in [6, 6.07) is 16.6. The lowest BCUT2D eigenvalue weighted by molar-refractivity contribution is -0.123. The number of hydrogen-bond donors (Lipinski definition) is 2. The maximum atomic E-state index is 14.1. The van der Waals surface area contributed by atoms with E-state index in [4.69, 9.17) is 0 Å². The van der Waals surface area contributed by atoms with Gasteiger partial charge in [0.25, 0.3) is 0 Å². The van der Waals surface area contributed by atoms with Gasteiger partial charge in [-0.1, -0.05) is 48.0 Å². The molecule has 0 saturated carbocycles. The molecule has 0 radical (unpaired) electrons. The number of carbonyl (C=O) groups is 5. The predicted molar refractivity (Wildman–Crippen MR) is 153 cm³/mol. The highest BCUT2D eigenvalue weighted by molar-refractivity contribution is 6.25. The first-order chi connectivity index (χ1) is 20.2. The zero-order valence-electron chi connectivity index (χ0n) is 22.5. The van der Waals surface area contributed by atoms with Crippen LogP contribution in [0.15, 0.2) is 95.1 Å². The maximum Gasteiger partial charge on any atom is 0.335 e. The van der Waals surface area contributed by atoms with Crippen molar-refractivity contribution in [2.45, 2.75) is 25.7 Å². The van der Waals surface area contributed by atoms with Gasteiger partial charge in [-0.05, 0) is 66.8 Å². The lowest BCUT2D eigenvalue weighted by atomic mass is 9.59. The van der Waals surface area contributed by atoms with Crippen molar-refractivity contribution in [3.8, 4) is 5.75 Å². The molecular weight excluding hydrogens is 534 g/mol. The molecule has 2 N–H and O–H groups in total. The van der Waals surface area contributed by atoms with Gasteiger partial charge in [-0.25, -0.2) is 4.79 Å². The zero-order chi connectivity index (χ0) is 29.4. The van der Waals surface area contributed by atoms with Crippen molar-refractivity contribution in [1.29, 1.82) is 0 Å². The molecule has 3 aromatic rings. The van der Waals surface area contributed by atoms with Crippen LogP contribution in [0.3, 0.4) is 0 Å². The summed E-state index contributed by atoms with van der Waals surface area (Å²) in [5.41, 5.74) is 2.29. The first kappa shape index (κ1) is 25.8. The number of fused-ring (bicyclic) bond motifs is 4. The highest BCUT2D eigenvalue weighted by atomic mass is 16.4. The van der Waals surface area contributed by atoms with Crippen LogP contribution < -0.4 is 4.90 Å². The van der Waals surface area contributed by atoms with Crippen molar-refractivity contribution in [3.63, 3.8) is 0 Å². The van der Waals surface area contributed by atoms with Crippen LogP contribution in [0.2, 0.25) is 0 Å². The summed E-state index contributed by atoms with van der Waals surface area (Å²) in [6.45, 7) is 1.59. The SMILES string of the molecule is CC1=CC(=O)C2=C(CC3C(=CCC4C(=O)N(c5cccc(C(=O)O)c5)C(=O)C43)C2c2c(O)ccc3ccccc23)C1=O. The molecule has 42 heavy (non-hydrogen) atoms. The van der Waals surface area contributed by atoms with Crippen molar-refractivity contribution < 1.29 is 34.2 Å². The quantitative estimate of drug-likeness (QED) is 0.266. The van der Waals surface area contributed by atoms with Crippen molar-refractivity contribution in [1.82, 2.24) is 0 Å². The Morgan fingerprint density at radius 1 is 0.929 bits per heavy atom. The molecule has 0 bridgehead atoms. The monoisotopic (exact) mass is 559 g/mol. The first-order valence-corrected chi connectivity index (χ1v) is 13.8. The minimum Gasteiger partial charge on any atom is -0.508 e. The normalized spacial score (nSPS) is 25.2. The number of Topliss-reactive ketones (excluding diaryl/α,β-unsaturated/α-hetero) is 1. The third-order valence-corrected chi connectivity index (χ3v) is 9.15. The van der Waals surface area contributed by atoms with Crippen molar-refractivity contribution in [2.24, 2.45) is 17.8 Å². The van der Waals surface area contributed by atoms with Crippen LogP contribution in [-0.4, -0.2) is 39.6 Å². The van der Waals surface area contributed by atoms with Crippen LogP contribution in [0, 0.1) is 17.8 Å². The molecule has 8 heteroatoms. The number of nitrogens with zero attached hydrogens (tertiary/aromatic N) is 1. The van der Waals surface area contributed by atoms with Crippen LogP contribution in [0.5, 0.6) is 5.75 Å². The van der Waals surface area contributed by atoms with Gasteiger partial charge >= 0.3 is 5.97 Å². The standard InChI is InChI=1S/C34H25NO7/c1-16-13-26(37)29-24(31(16)38)15-23-21(30(29)28-20-8-3-2-5-17(20)9-12-25(28)36)10-11-22-27(23)33(40)35(32(22)39)19-7-4-6-18(14-19)34(41)42/h2-10,12-14,22-23,27,30,36H,11,15H2,1H3,(H,41,42). The van der Waals surface area contributed by atoms with E-state index in [1.807, 2.05) is 30.3 Å². The molecule has 0 spiro atoms. The van der Waals surface area contributed by atoms with Gasteiger partial charge in [-0.2, -0.15) is 0 Å². The van der Waals surface area contributed by atoms with Gasteiger partial charge in [0.1, 0.15) is 5.75 Å². The molecule has 208 valence electrons. The fourth-order valence-corrected chi connectivity index (χ4v) is 7.33. The number of hydrogen-bond acceptors (Lipinski definition) is 6.